The number of ether oxygens (including phenoxy) is 1. The highest BCUT2D eigenvalue weighted by Crippen LogP contribution is 2.29. The molecule has 0 aliphatic rings. The van der Waals surface area contributed by atoms with Crippen LogP contribution in [-0.2, 0) is 4.74 Å². The zero-order valence-electron chi connectivity index (χ0n) is 13.6. The molecule has 6 heteroatoms. The van der Waals surface area contributed by atoms with Gasteiger partial charge in [0, 0.05) is 19.3 Å². The molecule has 1 heterocycles. The SMILES string of the molecule is COCCNc1nncc(Nc2c(C)cccc2C(C)C)n1. The smallest absolute Gasteiger partial charge is 0.244 e. The van der Waals surface area contributed by atoms with E-state index in [1.54, 1.807) is 13.3 Å². The van der Waals surface area contributed by atoms with Crippen LogP contribution in [0.4, 0.5) is 17.5 Å². The molecule has 0 amide bonds. The topological polar surface area (TPSA) is 72.0 Å². The number of para-hydroxylation sites is 1. The Labute approximate surface area is 131 Å². The predicted molar refractivity (Wildman–Crippen MR) is 88.7 cm³/mol. The number of nitrogens with one attached hydrogen (secondary N) is 2. The molecule has 2 aromatic rings. The molecule has 118 valence electrons. The Morgan fingerprint density at radius 3 is 2.82 bits per heavy atom. The van der Waals surface area contributed by atoms with Crippen LogP contribution in [0.25, 0.3) is 0 Å². The fraction of sp³-hybridized carbons (Fsp3) is 0.438. The van der Waals surface area contributed by atoms with Crippen molar-refractivity contribution < 1.29 is 4.74 Å². The van der Waals surface area contributed by atoms with Gasteiger partial charge in [0.1, 0.15) is 0 Å². The molecule has 22 heavy (non-hydrogen) atoms. The van der Waals surface area contributed by atoms with Crippen molar-refractivity contribution in [1.29, 1.82) is 0 Å². The molecule has 2 rings (SSSR count). The van der Waals surface area contributed by atoms with Crippen molar-refractivity contribution in [2.24, 2.45) is 0 Å². The fourth-order valence-corrected chi connectivity index (χ4v) is 2.17. The van der Waals surface area contributed by atoms with Crippen LogP contribution in [0.5, 0.6) is 0 Å². The summed E-state index contributed by atoms with van der Waals surface area (Å²) in [4.78, 5) is 4.43. The van der Waals surface area contributed by atoms with Crippen LogP contribution >= 0.6 is 0 Å². The average molecular weight is 301 g/mol. The van der Waals surface area contributed by atoms with Crippen molar-refractivity contribution in [2.45, 2.75) is 26.7 Å². The van der Waals surface area contributed by atoms with Crippen molar-refractivity contribution in [3.05, 3.63) is 35.5 Å². The molecule has 0 saturated heterocycles. The maximum absolute atomic E-state index is 4.99. The Hall–Kier alpha value is -2.21. The minimum absolute atomic E-state index is 0.427. The zero-order chi connectivity index (χ0) is 15.9. The third kappa shape index (κ3) is 4.14. The van der Waals surface area contributed by atoms with Gasteiger partial charge in [-0.15, -0.1) is 5.10 Å². The maximum atomic E-state index is 4.99. The Bertz CT molecular complexity index is 615. The third-order valence-electron chi connectivity index (χ3n) is 3.33. The molecule has 0 unspecified atom stereocenters. The van der Waals surface area contributed by atoms with Crippen molar-refractivity contribution in [2.75, 3.05) is 30.9 Å². The number of hydrogen-bond donors (Lipinski definition) is 2. The van der Waals surface area contributed by atoms with Crippen LogP contribution < -0.4 is 10.6 Å². The summed E-state index contributed by atoms with van der Waals surface area (Å²) < 4.78 is 4.99. The number of methoxy groups -OCH3 is 1. The number of benzene rings is 1. The normalized spacial score (nSPS) is 10.8. The lowest BCUT2D eigenvalue weighted by atomic mass is 9.98. The molecule has 0 radical (unpaired) electrons. The highest BCUT2D eigenvalue weighted by atomic mass is 16.5. The first-order valence-electron chi connectivity index (χ1n) is 7.41. The van der Waals surface area contributed by atoms with Gasteiger partial charge in [-0.05, 0) is 24.0 Å². The first-order valence-corrected chi connectivity index (χ1v) is 7.41. The molecule has 0 spiro atoms. The second-order valence-corrected chi connectivity index (χ2v) is 5.40. The molecule has 0 atom stereocenters. The van der Waals surface area contributed by atoms with E-state index in [4.69, 9.17) is 4.74 Å². The van der Waals surface area contributed by atoms with Gasteiger partial charge in [0.15, 0.2) is 5.82 Å². The lowest BCUT2D eigenvalue weighted by Gasteiger charge is -2.16. The van der Waals surface area contributed by atoms with E-state index in [0.717, 1.165) is 5.69 Å². The van der Waals surface area contributed by atoms with Crippen LogP contribution in [0, 0.1) is 6.92 Å². The maximum Gasteiger partial charge on any atom is 0.244 e. The summed E-state index contributed by atoms with van der Waals surface area (Å²) >= 11 is 0. The molecule has 0 aliphatic heterocycles. The summed E-state index contributed by atoms with van der Waals surface area (Å²) in [7, 11) is 1.66. The second-order valence-electron chi connectivity index (χ2n) is 5.40. The van der Waals surface area contributed by atoms with Gasteiger partial charge < -0.3 is 15.4 Å². The van der Waals surface area contributed by atoms with E-state index in [1.807, 2.05) is 0 Å². The monoisotopic (exact) mass is 301 g/mol. The number of aromatic nitrogens is 3. The molecule has 0 fully saturated rings. The Morgan fingerprint density at radius 1 is 1.27 bits per heavy atom. The van der Waals surface area contributed by atoms with Crippen molar-refractivity contribution in [3.63, 3.8) is 0 Å². The summed E-state index contributed by atoms with van der Waals surface area (Å²) in [5.74, 6) is 1.59. The molecular weight excluding hydrogens is 278 g/mol. The minimum atomic E-state index is 0.427. The first-order chi connectivity index (χ1) is 10.6. The lowest BCUT2D eigenvalue weighted by molar-refractivity contribution is 0.210. The third-order valence-corrected chi connectivity index (χ3v) is 3.33. The Balaban J connectivity index is 2.19. The summed E-state index contributed by atoms with van der Waals surface area (Å²) in [5.41, 5.74) is 3.52. The lowest BCUT2D eigenvalue weighted by Crippen LogP contribution is -2.11. The van der Waals surface area contributed by atoms with E-state index < -0.39 is 0 Å². The molecule has 0 aliphatic carbocycles. The summed E-state index contributed by atoms with van der Waals surface area (Å²) in [6.07, 6.45) is 1.62. The van der Waals surface area contributed by atoms with E-state index in [2.05, 4.69) is 64.8 Å². The van der Waals surface area contributed by atoms with Crippen LogP contribution in [-0.4, -0.2) is 35.4 Å². The molecule has 0 bridgehead atoms. The standard InChI is InChI=1S/C16H23N5O/c1-11(2)13-7-5-6-12(3)15(13)19-14-10-18-21-16(20-14)17-8-9-22-4/h5-7,10-11H,8-9H2,1-4H3,(H2,17,19,20,21). The highest BCUT2D eigenvalue weighted by molar-refractivity contribution is 5.65. The van der Waals surface area contributed by atoms with Crippen LogP contribution in [0.3, 0.4) is 0 Å². The van der Waals surface area contributed by atoms with E-state index in [-0.39, 0.29) is 0 Å². The van der Waals surface area contributed by atoms with Crippen LogP contribution in [0.2, 0.25) is 0 Å². The summed E-state index contributed by atoms with van der Waals surface area (Å²) in [6, 6.07) is 6.29. The highest BCUT2D eigenvalue weighted by Gasteiger charge is 2.10. The van der Waals surface area contributed by atoms with Gasteiger partial charge in [-0.3, -0.25) is 0 Å². The number of nitrogens with zero attached hydrogens (tertiary/aromatic N) is 3. The van der Waals surface area contributed by atoms with Gasteiger partial charge in [0.25, 0.3) is 0 Å². The quantitative estimate of drug-likeness (QED) is 0.766. The van der Waals surface area contributed by atoms with E-state index in [1.165, 1.54) is 11.1 Å². The average Bonchev–Trinajstić information content (AvgIpc) is 2.50. The molecule has 2 N–H and O–H groups in total. The van der Waals surface area contributed by atoms with Crippen molar-refractivity contribution >= 4 is 17.5 Å². The van der Waals surface area contributed by atoms with E-state index in [9.17, 15) is 0 Å². The van der Waals surface area contributed by atoms with Gasteiger partial charge >= 0.3 is 0 Å². The number of anilines is 3. The predicted octanol–water partition coefficient (Wildman–Crippen LogP) is 3.11. The van der Waals surface area contributed by atoms with Crippen molar-refractivity contribution in [1.82, 2.24) is 15.2 Å². The second kappa shape index (κ2) is 7.70. The van der Waals surface area contributed by atoms with E-state index in [0.29, 0.717) is 30.8 Å². The largest absolute Gasteiger partial charge is 0.383 e. The molecule has 1 aromatic carbocycles. The zero-order valence-corrected chi connectivity index (χ0v) is 13.6. The Morgan fingerprint density at radius 2 is 2.09 bits per heavy atom. The van der Waals surface area contributed by atoms with Crippen LogP contribution in [0.1, 0.15) is 30.9 Å². The van der Waals surface area contributed by atoms with Gasteiger partial charge in [0.2, 0.25) is 5.95 Å². The fourth-order valence-electron chi connectivity index (χ4n) is 2.17. The molecule has 1 aromatic heterocycles. The van der Waals surface area contributed by atoms with Gasteiger partial charge in [-0.1, -0.05) is 32.0 Å². The number of aryl methyl sites for hydroxylation is 1. The minimum Gasteiger partial charge on any atom is -0.383 e. The Kier molecular flexibility index (Phi) is 5.66. The molecule has 6 nitrogen and oxygen atoms in total. The first kappa shape index (κ1) is 16.2. The van der Waals surface area contributed by atoms with Crippen molar-refractivity contribution in [3.8, 4) is 0 Å². The van der Waals surface area contributed by atoms with Crippen LogP contribution in [0.15, 0.2) is 24.4 Å². The van der Waals surface area contributed by atoms with Gasteiger partial charge in [-0.2, -0.15) is 10.1 Å². The van der Waals surface area contributed by atoms with Gasteiger partial charge in [0.05, 0.1) is 12.8 Å². The molecule has 0 saturated carbocycles. The summed E-state index contributed by atoms with van der Waals surface area (Å²) in [6.45, 7) is 7.67. The van der Waals surface area contributed by atoms with Gasteiger partial charge in [-0.25, -0.2) is 0 Å². The number of hydrogen-bond acceptors (Lipinski definition) is 6. The summed E-state index contributed by atoms with van der Waals surface area (Å²) in [5, 5.41) is 14.4. The van der Waals surface area contributed by atoms with E-state index >= 15 is 0 Å². The number of rotatable bonds is 7. The molecular formula is C16H23N5O.